The zero-order chi connectivity index (χ0) is 24.3. The van der Waals surface area contributed by atoms with Gasteiger partial charge in [0.15, 0.2) is 17.4 Å². The quantitative estimate of drug-likeness (QED) is 0.584. The van der Waals surface area contributed by atoms with E-state index < -0.39 is 21.7 Å². The maximum absolute atomic E-state index is 14.7. The number of nitrogens with zero attached hydrogens (tertiary/aromatic N) is 4. The first-order valence-electron chi connectivity index (χ1n) is 11.9. The summed E-state index contributed by atoms with van der Waals surface area (Å²) in [5.41, 5.74) is 1.65. The summed E-state index contributed by atoms with van der Waals surface area (Å²) in [5.74, 6) is -0.909. The van der Waals surface area contributed by atoms with Crippen molar-refractivity contribution in [3.63, 3.8) is 0 Å². The third kappa shape index (κ3) is 5.83. The second kappa shape index (κ2) is 10.5. The van der Waals surface area contributed by atoms with E-state index >= 15 is 0 Å². The van der Waals surface area contributed by atoms with Crippen LogP contribution in [0.25, 0.3) is 0 Å². The van der Waals surface area contributed by atoms with Gasteiger partial charge in [0.2, 0.25) is 16.0 Å². The fourth-order valence-corrected chi connectivity index (χ4v) is 5.54. The Morgan fingerprint density at radius 1 is 1.00 bits per heavy atom. The van der Waals surface area contributed by atoms with E-state index in [9.17, 15) is 17.2 Å². The second-order valence-electron chi connectivity index (χ2n) is 9.24. The van der Waals surface area contributed by atoms with Gasteiger partial charge in [-0.15, -0.1) is 0 Å². The summed E-state index contributed by atoms with van der Waals surface area (Å²) in [6.45, 7) is 4.58. The molecule has 2 fully saturated rings. The van der Waals surface area contributed by atoms with E-state index in [2.05, 4.69) is 21.8 Å². The van der Waals surface area contributed by atoms with Gasteiger partial charge in [0.05, 0.1) is 12.9 Å². The monoisotopic (exact) mass is 494 g/mol. The van der Waals surface area contributed by atoms with Gasteiger partial charge in [-0.2, -0.15) is 0 Å². The number of aryl methyl sites for hydroxylation is 1. The first-order chi connectivity index (χ1) is 16.2. The normalized spacial score (nSPS) is 18.9. The average Bonchev–Trinajstić information content (AvgIpc) is 2.83. The molecule has 0 saturated carbocycles. The molecule has 0 bridgehead atoms. The highest BCUT2D eigenvalue weighted by Gasteiger charge is 2.28. The largest absolute Gasteiger partial charge is 0.487 e. The van der Waals surface area contributed by atoms with Crippen LogP contribution in [0.3, 0.4) is 0 Å². The Hall–Kier alpha value is -2.33. The third-order valence-electron chi connectivity index (χ3n) is 6.88. The van der Waals surface area contributed by atoms with E-state index in [0.29, 0.717) is 37.4 Å². The lowest BCUT2D eigenvalue weighted by Crippen LogP contribution is -2.37. The van der Waals surface area contributed by atoms with Crippen LogP contribution in [0.4, 0.5) is 14.7 Å². The molecular weight excluding hydrogens is 462 g/mol. The Bertz CT molecular complexity index is 1060. The van der Waals surface area contributed by atoms with E-state index in [1.54, 1.807) is 0 Å². The van der Waals surface area contributed by atoms with Crippen molar-refractivity contribution in [2.45, 2.75) is 44.9 Å². The molecule has 0 unspecified atom stereocenters. The molecule has 186 valence electrons. The molecule has 34 heavy (non-hydrogen) atoms. The molecule has 2 aromatic rings. The number of piperidine rings is 2. The van der Waals surface area contributed by atoms with Crippen LogP contribution in [-0.4, -0.2) is 61.7 Å². The SMILES string of the molecule is CCc1cnc(N2CCC(COc3c(F)cc(C4CCN(S(C)(=O)=O)CC4)cc3F)CC2)nc1. The lowest BCUT2D eigenvalue weighted by molar-refractivity contribution is 0.206. The Morgan fingerprint density at radius 3 is 2.12 bits per heavy atom. The molecule has 10 heteroatoms. The van der Waals surface area contributed by atoms with Crippen LogP contribution >= 0.6 is 0 Å². The van der Waals surface area contributed by atoms with Gasteiger partial charge in [-0.25, -0.2) is 31.5 Å². The summed E-state index contributed by atoms with van der Waals surface area (Å²) in [6.07, 6.45) is 8.52. The molecule has 1 aromatic carbocycles. The Kier molecular flexibility index (Phi) is 7.67. The highest BCUT2D eigenvalue weighted by Crippen LogP contribution is 2.33. The number of benzene rings is 1. The summed E-state index contributed by atoms with van der Waals surface area (Å²) in [6, 6.07) is 2.66. The predicted molar refractivity (Wildman–Crippen MR) is 127 cm³/mol. The van der Waals surface area contributed by atoms with Gasteiger partial charge < -0.3 is 9.64 Å². The van der Waals surface area contributed by atoms with Crippen LogP contribution in [0.2, 0.25) is 0 Å². The van der Waals surface area contributed by atoms with E-state index in [1.165, 1.54) is 22.7 Å². The van der Waals surface area contributed by atoms with Crippen LogP contribution in [0.1, 0.15) is 49.7 Å². The summed E-state index contributed by atoms with van der Waals surface area (Å²) in [5, 5.41) is 0. The fourth-order valence-electron chi connectivity index (χ4n) is 4.67. The molecule has 7 nitrogen and oxygen atoms in total. The van der Waals surface area contributed by atoms with Gasteiger partial charge in [0.1, 0.15) is 0 Å². The summed E-state index contributed by atoms with van der Waals surface area (Å²) in [4.78, 5) is 11.0. The number of rotatable bonds is 7. The van der Waals surface area contributed by atoms with Gasteiger partial charge in [0.25, 0.3) is 0 Å². The van der Waals surface area contributed by atoms with Gasteiger partial charge >= 0.3 is 0 Å². The number of halogens is 2. The zero-order valence-electron chi connectivity index (χ0n) is 19.7. The molecule has 2 aliphatic rings. The Labute approximate surface area is 200 Å². The van der Waals surface area contributed by atoms with E-state index in [4.69, 9.17) is 4.74 Å². The number of anilines is 1. The molecular formula is C24H32F2N4O3S. The first-order valence-corrected chi connectivity index (χ1v) is 13.7. The fraction of sp³-hybridized carbons (Fsp3) is 0.583. The Balaban J connectivity index is 1.30. The highest BCUT2D eigenvalue weighted by atomic mass is 32.2. The summed E-state index contributed by atoms with van der Waals surface area (Å²) in [7, 11) is -3.24. The first kappa shape index (κ1) is 24.8. The molecule has 0 spiro atoms. The highest BCUT2D eigenvalue weighted by molar-refractivity contribution is 7.88. The molecule has 0 aliphatic carbocycles. The van der Waals surface area contributed by atoms with Crippen molar-refractivity contribution >= 4 is 16.0 Å². The van der Waals surface area contributed by atoms with Gasteiger partial charge in [-0.05, 0) is 67.2 Å². The van der Waals surface area contributed by atoms with Crippen molar-refractivity contribution in [2.24, 2.45) is 5.92 Å². The molecule has 3 heterocycles. The second-order valence-corrected chi connectivity index (χ2v) is 11.2. The minimum absolute atomic E-state index is 0.0750. The van der Waals surface area contributed by atoms with Gasteiger partial charge in [-0.1, -0.05) is 6.92 Å². The molecule has 4 rings (SSSR count). The zero-order valence-corrected chi connectivity index (χ0v) is 20.5. The molecule has 2 aliphatic heterocycles. The minimum atomic E-state index is -3.24. The maximum Gasteiger partial charge on any atom is 0.225 e. The van der Waals surface area contributed by atoms with E-state index in [1.807, 2.05) is 12.4 Å². The standard InChI is InChI=1S/C24H32F2N4O3S/c1-3-17-14-27-24(28-15-17)29-8-4-18(5-9-29)16-33-23-21(25)12-20(13-22(23)26)19-6-10-30(11-7-19)34(2,31)32/h12-15,18-19H,3-11,16H2,1-2H3. The molecule has 0 radical (unpaired) electrons. The lowest BCUT2D eigenvalue weighted by Gasteiger charge is -2.32. The molecule has 0 N–H and O–H groups in total. The van der Waals surface area contributed by atoms with Crippen molar-refractivity contribution in [3.8, 4) is 5.75 Å². The van der Waals surface area contributed by atoms with Crippen LogP contribution in [0, 0.1) is 17.6 Å². The van der Waals surface area contributed by atoms with Gasteiger partial charge in [-0.3, -0.25) is 0 Å². The van der Waals surface area contributed by atoms with Crippen molar-refractivity contribution in [2.75, 3.05) is 43.9 Å². The van der Waals surface area contributed by atoms with Crippen LogP contribution in [-0.2, 0) is 16.4 Å². The van der Waals surface area contributed by atoms with Crippen molar-refractivity contribution in [3.05, 3.63) is 47.3 Å². The van der Waals surface area contributed by atoms with Crippen LogP contribution in [0.15, 0.2) is 24.5 Å². The lowest BCUT2D eigenvalue weighted by atomic mass is 9.90. The summed E-state index contributed by atoms with van der Waals surface area (Å²) < 4.78 is 59.8. The number of sulfonamides is 1. The number of ether oxygens (including phenoxy) is 1. The topological polar surface area (TPSA) is 75.6 Å². The van der Waals surface area contributed by atoms with Gasteiger partial charge in [0, 0.05) is 38.6 Å². The smallest absolute Gasteiger partial charge is 0.225 e. The van der Waals surface area contributed by atoms with Crippen molar-refractivity contribution in [1.29, 1.82) is 0 Å². The number of hydrogen-bond acceptors (Lipinski definition) is 6. The Morgan fingerprint density at radius 2 is 1.59 bits per heavy atom. The summed E-state index contributed by atoms with van der Waals surface area (Å²) >= 11 is 0. The molecule has 1 aromatic heterocycles. The average molecular weight is 495 g/mol. The maximum atomic E-state index is 14.7. The van der Waals surface area contributed by atoms with E-state index in [0.717, 1.165) is 37.9 Å². The molecule has 0 atom stereocenters. The van der Waals surface area contributed by atoms with Crippen molar-refractivity contribution in [1.82, 2.24) is 14.3 Å². The number of aromatic nitrogens is 2. The van der Waals surface area contributed by atoms with Crippen LogP contribution in [0.5, 0.6) is 5.75 Å². The third-order valence-corrected chi connectivity index (χ3v) is 8.18. The van der Waals surface area contributed by atoms with Crippen molar-refractivity contribution < 1.29 is 21.9 Å². The number of hydrogen-bond donors (Lipinski definition) is 0. The van der Waals surface area contributed by atoms with E-state index in [-0.39, 0.29) is 24.2 Å². The predicted octanol–water partition coefficient (Wildman–Crippen LogP) is 3.75. The molecule has 2 saturated heterocycles. The minimum Gasteiger partial charge on any atom is -0.487 e. The molecule has 0 amide bonds. The van der Waals surface area contributed by atoms with Crippen LogP contribution < -0.4 is 9.64 Å².